The fourth-order valence-electron chi connectivity index (χ4n) is 6.00. The Labute approximate surface area is 205 Å². The minimum absolute atomic E-state index is 0.0155. The molecular formula is C28H32N2O5. The highest BCUT2D eigenvalue weighted by atomic mass is 16.5. The molecule has 3 atom stereocenters. The van der Waals surface area contributed by atoms with Gasteiger partial charge in [0.25, 0.3) is 0 Å². The molecule has 2 aromatic rings. The number of rotatable bonds is 5. The summed E-state index contributed by atoms with van der Waals surface area (Å²) in [5.74, 6) is -1.75. The molecule has 0 unspecified atom stereocenters. The minimum Gasteiger partial charge on any atom is -0.481 e. The van der Waals surface area contributed by atoms with E-state index in [2.05, 4.69) is 29.6 Å². The highest BCUT2D eigenvalue weighted by molar-refractivity contribution is 5.82. The Hall–Kier alpha value is -3.35. The van der Waals surface area contributed by atoms with Gasteiger partial charge in [-0.15, -0.1) is 0 Å². The van der Waals surface area contributed by atoms with E-state index in [-0.39, 0.29) is 36.9 Å². The Bertz CT molecular complexity index is 1070. The zero-order valence-electron chi connectivity index (χ0n) is 19.8. The first-order valence-electron chi connectivity index (χ1n) is 12.7. The third kappa shape index (κ3) is 4.77. The van der Waals surface area contributed by atoms with Crippen molar-refractivity contribution in [2.24, 2.45) is 11.8 Å². The van der Waals surface area contributed by atoms with Crippen molar-refractivity contribution >= 4 is 18.0 Å². The third-order valence-electron chi connectivity index (χ3n) is 7.81. The maximum atomic E-state index is 13.3. The van der Waals surface area contributed by atoms with Crippen LogP contribution in [-0.2, 0) is 14.3 Å². The number of carbonyl (C=O) groups excluding carboxylic acids is 2. The quantitative estimate of drug-likeness (QED) is 0.667. The summed E-state index contributed by atoms with van der Waals surface area (Å²) in [6, 6.07) is 16.1. The number of fused-ring (bicyclic) bond motifs is 3. The van der Waals surface area contributed by atoms with E-state index in [1.165, 1.54) is 11.1 Å². The molecule has 0 bridgehead atoms. The van der Waals surface area contributed by atoms with Crippen molar-refractivity contribution in [1.82, 2.24) is 10.2 Å². The molecule has 1 saturated heterocycles. The Balaban J connectivity index is 1.22. The first kappa shape index (κ1) is 23.4. The van der Waals surface area contributed by atoms with Crippen molar-refractivity contribution in [1.29, 1.82) is 0 Å². The van der Waals surface area contributed by atoms with Crippen molar-refractivity contribution in [3.63, 3.8) is 0 Å². The maximum absolute atomic E-state index is 13.3. The van der Waals surface area contributed by atoms with E-state index in [0.29, 0.717) is 25.8 Å². The summed E-state index contributed by atoms with van der Waals surface area (Å²) in [4.78, 5) is 39.3. The van der Waals surface area contributed by atoms with Gasteiger partial charge < -0.3 is 20.1 Å². The first-order chi connectivity index (χ1) is 17.0. The zero-order valence-corrected chi connectivity index (χ0v) is 19.8. The van der Waals surface area contributed by atoms with Crippen molar-refractivity contribution in [2.75, 3.05) is 19.7 Å². The molecule has 2 aromatic carbocycles. The van der Waals surface area contributed by atoms with Crippen LogP contribution in [0.3, 0.4) is 0 Å². The Kier molecular flexibility index (Phi) is 6.75. The molecule has 0 spiro atoms. The minimum atomic E-state index is -0.848. The average molecular weight is 477 g/mol. The van der Waals surface area contributed by atoms with Gasteiger partial charge in [-0.05, 0) is 47.9 Å². The molecule has 7 nitrogen and oxygen atoms in total. The number of aliphatic carboxylic acids is 1. The smallest absolute Gasteiger partial charge is 0.407 e. The highest BCUT2D eigenvalue weighted by Gasteiger charge is 2.38. The molecule has 1 heterocycles. The van der Waals surface area contributed by atoms with Gasteiger partial charge >= 0.3 is 12.1 Å². The zero-order chi connectivity index (χ0) is 24.4. The lowest BCUT2D eigenvalue weighted by Crippen LogP contribution is -2.52. The van der Waals surface area contributed by atoms with Gasteiger partial charge in [0.1, 0.15) is 6.61 Å². The molecule has 3 aliphatic rings. The summed E-state index contributed by atoms with van der Waals surface area (Å²) in [6.07, 6.45) is 4.08. The number of hydrogen-bond acceptors (Lipinski definition) is 4. The molecule has 2 aliphatic carbocycles. The van der Waals surface area contributed by atoms with Crippen LogP contribution in [0.25, 0.3) is 11.1 Å². The van der Waals surface area contributed by atoms with Crippen LogP contribution in [0, 0.1) is 11.8 Å². The predicted octanol–water partition coefficient (Wildman–Crippen LogP) is 4.41. The van der Waals surface area contributed by atoms with E-state index >= 15 is 0 Å². The number of amides is 2. The molecular weight excluding hydrogens is 444 g/mol. The number of nitrogens with zero attached hydrogens (tertiary/aromatic N) is 1. The van der Waals surface area contributed by atoms with Gasteiger partial charge in [0, 0.05) is 25.0 Å². The fourth-order valence-corrected chi connectivity index (χ4v) is 6.00. The van der Waals surface area contributed by atoms with Crippen LogP contribution in [-0.4, -0.2) is 53.7 Å². The molecule has 5 rings (SSSR count). The van der Waals surface area contributed by atoms with E-state index in [0.717, 1.165) is 30.4 Å². The fraction of sp³-hybridized carbons (Fsp3) is 0.464. The lowest BCUT2D eigenvalue weighted by atomic mass is 9.83. The Morgan fingerprint density at radius 3 is 2.26 bits per heavy atom. The molecule has 7 heteroatoms. The second kappa shape index (κ2) is 10.1. The summed E-state index contributed by atoms with van der Waals surface area (Å²) >= 11 is 0. The SMILES string of the molecule is O=C(N[C@@H]1CCCC[C@@H]1C(=O)N1CCC[C@@H](C(=O)O)C1)OCC1c2ccccc2-c2ccccc21. The van der Waals surface area contributed by atoms with Crippen LogP contribution in [0.5, 0.6) is 0 Å². The van der Waals surface area contributed by atoms with Crippen LogP contribution >= 0.6 is 0 Å². The van der Waals surface area contributed by atoms with Crippen LogP contribution in [0.1, 0.15) is 55.6 Å². The largest absolute Gasteiger partial charge is 0.481 e. The lowest BCUT2D eigenvalue weighted by molar-refractivity contribution is -0.147. The Morgan fingerprint density at radius 1 is 0.914 bits per heavy atom. The molecule has 0 radical (unpaired) electrons. The van der Waals surface area contributed by atoms with E-state index in [1.54, 1.807) is 4.90 Å². The second-order valence-electron chi connectivity index (χ2n) is 9.93. The van der Waals surface area contributed by atoms with Crippen molar-refractivity contribution in [2.45, 2.75) is 50.5 Å². The van der Waals surface area contributed by atoms with Crippen molar-refractivity contribution in [3.05, 3.63) is 59.7 Å². The van der Waals surface area contributed by atoms with E-state index < -0.39 is 18.0 Å². The maximum Gasteiger partial charge on any atom is 0.407 e. The number of nitrogens with one attached hydrogen (secondary N) is 1. The topological polar surface area (TPSA) is 95.9 Å². The molecule has 2 fully saturated rings. The highest BCUT2D eigenvalue weighted by Crippen LogP contribution is 2.44. The van der Waals surface area contributed by atoms with Crippen LogP contribution in [0.15, 0.2) is 48.5 Å². The molecule has 2 amide bonds. The average Bonchev–Trinajstić information content (AvgIpc) is 3.21. The summed E-state index contributed by atoms with van der Waals surface area (Å²) in [6.45, 7) is 1.07. The van der Waals surface area contributed by atoms with Crippen LogP contribution in [0.4, 0.5) is 4.79 Å². The molecule has 35 heavy (non-hydrogen) atoms. The predicted molar refractivity (Wildman–Crippen MR) is 131 cm³/mol. The van der Waals surface area contributed by atoms with Gasteiger partial charge in [0.2, 0.25) is 5.91 Å². The second-order valence-corrected chi connectivity index (χ2v) is 9.93. The van der Waals surface area contributed by atoms with E-state index in [9.17, 15) is 19.5 Å². The molecule has 184 valence electrons. The summed E-state index contributed by atoms with van der Waals surface area (Å²) in [5.41, 5.74) is 4.67. The normalized spacial score (nSPS) is 23.8. The number of carbonyl (C=O) groups is 3. The number of hydrogen-bond donors (Lipinski definition) is 2. The van der Waals surface area contributed by atoms with Gasteiger partial charge in [-0.3, -0.25) is 9.59 Å². The summed E-state index contributed by atoms with van der Waals surface area (Å²) in [5, 5.41) is 12.3. The number of carboxylic acid groups (broad SMARTS) is 1. The van der Waals surface area contributed by atoms with Gasteiger partial charge in [0.15, 0.2) is 0 Å². The number of piperidine rings is 1. The standard InChI is InChI=1S/C28H32N2O5/c31-26(30-15-7-8-18(16-30)27(32)33)23-13-5-6-14-25(23)29-28(34)35-17-24-21-11-3-1-9-19(21)20-10-2-4-12-22(20)24/h1-4,9-12,18,23-25H,5-8,13-17H2,(H,29,34)(H,32,33)/t18-,23+,25-/m1/s1. The Morgan fingerprint density at radius 2 is 1.57 bits per heavy atom. The van der Waals surface area contributed by atoms with E-state index in [1.807, 2.05) is 24.3 Å². The molecule has 1 aliphatic heterocycles. The number of alkyl carbamates (subject to hydrolysis) is 1. The molecule has 1 saturated carbocycles. The van der Waals surface area contributed by atoms with Crippen molar-refractivity contribution < 1.29 is 24.2 Å². The van der Waals surface area contributed by atoms with Crippen LogP contribution < -0.4 is 5.32 Å². The van der Waals surface area contributed by atoms with Crippen LogP contribution in [0.2, 0.25) is 0 Å². The van der Waals surface area contributed by atoms with Gasteiger partial charge in [0.05, 0.1) is 11.8 Å². The summed E-state index contributed by atoms with van der Waals surface area (Å²) in [7, 11) is 0. The monoisotopic (exact) mass is 476 g/mol. The first-order valence-corrected chi connectivity index (χ1v) is 12.7. The van der Waals surface area contributed by atoms with Gasteiger partial charge in [-0.1, -0.05) is 61.4 Å². The number of likely N-dealkylation sites (tertiary alicyclic amines) is 1. The molecule has 0 aromatic heterocycles. The number of carboxylic acids is 1. The van der Waals surface area contributed by atoms with Gasteiger partial charge in [-0.25, -0.2) is 4.79 Å². The number of benzene rings is 2. The number of ether oxygens (including phenoxy) is 1. The lowest BCUT2D eigenvalue weighted by Gasteiger charge is -2.37. The summed E-state index contributed by atoms with van der Waals surface area (Å²) < 4.78 is 5.71. The third-order valence-corrected chi connectivity index (χ3v) is 7.81. The van der Waals surface area contributed by atoms with Gasteiger partial charge in [-0.2, -0.15) is 0 Å². The molecule has 2 N–H and O–H groups in total. The van der Waals surface area contributed by atoms with Crippen molar-refractivity contribution in [3.8, 4) is 11.1 Å². The van der Waals surface area contributed by atoms with E-state index in [4.69, 9.17) is 4.74 Å².